The van der Waals surface area contributed by atoms with Crippen LogP contribution in [0.3, 0.4) is 0 Å². The molecule has 1 atom stereocenters. The molecule has 1 N–H and O–H groups in total. The summed E-state index contributed by atoms with van der Waals surface area (Å²) in [5.74, 6) is 0. The van der Waals surface area contributed by atoms with Crippen LogP contribution in [-0.2, 0) is 11.3 Å². The number of piperidine rings is 1. The lowest BCUT2D eigenvalue weighted by Crippen LogP contribution is -2.38. The summed E-state index contributed by atoms with van der Waals surface area (Å²) in [6.07, 6.45) is 4.66. The standard InChI is InChI=1S/C14H23N3O/c1-3-15-12-6-7-16-13(9-12)10-17-8-4-5-14(11-17)18-2/h6-7,9,14H,3-5,8,10-11H2,1-2H3,(H,15,16). The number of hydrogen-bond acceptors (Lipinski definition) is 4. The number of methoxy groups -OCH3 is 1. The molecule has 0 radical (unpaired) electrons. The van der Waals surface area contributed by atoms with Gasteiger partial charge in [-0.15, -0.1) is 0 Å². The van der Waals surface area contributed by atoms with E-state index in [2.05, 4.69) is 28.2 Å². The molecule has 0 bridgehead atoms. The molecule has 0 saturated carbocycles. The molecule has 0 aliphatic carbocycles. The van der Waals surface area contributed by atoms with Gasteiger partial charge in [-0.3, -0.25) is 9.88 Å². The van der Waals surface area contributed by atoms with E-state index in [-0.39, 0.29) is 0 Å². The Kier molecular flexibility index (Phi) is 4.96. The molecular formula is C14H23N3O. The second-order valence-electron chi connectivity index (χ2n) is 4.80. The largest absolute Gasteiger partial charge is 0.385 e. The maximum Gasteiger partial charge on any atom is 0.0698 e. The zero-order chi connectivity index (χ0) is 12.8. The van der Waals surface area contributed by atoms with Crippen molar-refractivity contribution in [2.24, 2.45) is 0 Å². The highest BCUT2D eigenvalue weighted by Crippen LogP contribution is 2.16. The molecule has 1 fully saturated rings. The van der Waals surface area contributed by atoms with Crippen LogP contribution in [-0.4, -0.2) is 42.7 Å². The predicted molar refractivity (Wildman–Crippen MR) is 73.7 cm³/mol. The molecule has 1 unspecified atom stereocenters. The highest BCUT2D eigenvalue weighted by molar-refractivity contribution is 5.42. The summed E-state index contributed by atoms with van der Waals surface area (Å²) in [5.41, 5.74) is 2.29. The highest BCUT2D eigenvalue weighted by atomic mass is 16.5. The van der Waals surface area contributed by atoms with Gasteiger partial charge in [-0.25, -0.2) is 0 Å². The van der Waals surface area contributed by atoms with Gasteiger partial charge in [0.25, 0.3) is 0 Å². The smallest absolute Gasteiger partial charge is 0.0698 e. The van der Waals surface area contributed by atoms with Crippen molar-refractivity contribution in [2.75, 3.05) is 32.1 Å². The number of ether oxygens (including phenoxy) is 1. The Labute approximate surface area is 109 Å². The molecule has 1 aromatic heterocycles. The first-order valence-corrected chi connectivity index (χ1v) is 6.75. The highest BCUT2D eigenvalue weighted by Gasteiger charge is 2.19. The van der Waals surface area contributed by atoms with E-state index in [9.17, 15) is 0 Å². The third kappa shape index (κ3) is 3.68. The molecule has 0 spiro atoms. The second kappa shape index (κ2) is 6.71. The molecule has 2 rings (SSSR count). The Morgan fingerprint density at radius 1 is 1.56 bits per heavy atom. The Morgan fingerprint density at radius 3 is 3.22 bits per heavy atom. The quantitative estimate of drug-likeness (QED) is 0.867. The molecule has 1 aromatic rings. The van der Waals surface area contributed by atoms with Crippen molar-refractivity contribution in [3.63, 3.8) is 0 Å². The maximum absolute atomic E-state index is 5.45. The molecule has 4 nitrogen and oxygen atoms in total. The van der Waals surface area contributed by atoms with Gasteiger partial charge < -0.3 is 10.1 Å². The maximum atomic E-state index is 5.45. The van der Waals surface area contributed by atoms with E-state index in [1.807, 2.05) is 12.3 Å². The number of nitrogens with zero attached hydrogens (tertiary/aromatic N) is 2. The molecule has 1 aliphatic heterocycles. The SMILES string of the molecule is CCNc1ccnc(CN2CCCC(OC)C2)c1. The van der Waals surface area contributed by atoms with Crippen molar-refractivity contribution < 1.29 is 4.74 Å². The summed E-state index contributed by atoms with van der Waals surface area (Å²) in [5, 5.41) is 3.32. The fourth-order valence-corrected chi connectivity index (χ4v) is 2.46. The topological polar surface area (TPSA) is 37.4 Å². The van der Waals surface area contributed by atoms with Crippen LogP contribution in [0.4, 0.5) is 5.69 Å². The van der Waals surface area contributed by atoms with E-state index in [0.717, 1.165) is 37.6 Å². The minimum absolute atomic E-state index is 0.385. The summed E-state index contributed by atoms with van der Waals surface area (Å²) in [4.78, 5) is 6.87. The van der Waals surface area contributed by atoms with Gasteiger partial charge in [0.1, 0.15) is 0 Å². The first-order valence-electron chi connectivity index (χ1n) is 6.75. The summed E-state index contributed by atoms with van der Waals surface area (Å²) in [6.45, 7) is 6.13. The van der Waals surface area contributed by atoms with Crippen LogP contribution in [0.25, 0.3) is 0 Å². The van der Waals surface area contributed by atoms with Crippen molar-refractivity contribution in [3.8, 4) is 0 Å². The van der Waals surface area contributed by atoms with Crippen LogP contribution in [0.15, 0.2) is 18.3 Å². The average molecular weight is 249 g/mol. The minimum atomic E-state index is 0.385. The van der Waals surface area contributed by atoms with Crippen LogP contribution in [0.2, 0.25) is 0 Å². The number of hydrogen-bond donors (Lipinski definition) is 1. The Hall–Kier alpha value is -1.13. The van der Waals surface area contributed by atoms with E-state index in [1.165, 1.54) is 12.8 Å². The number of pyridine rings is 1. The van der Waals surface area contributed by atoms with E-state index in [4.69, 9.17) is 4.74 Å². The van der Waals surface area contributed by atoms with Crippen LogP contribution in [0.5, 0.6) is 0 Å². The Morgan fingerprint density at radius 2 is 2.44 bits per heavy atom. The van der Waals surface area contributed by atoms with Gasteiger partial charge in [0.2, 0.25) is 0 Å². The van der Waals surface area contributed by atoms with E-state index >= 15 is 0 Å². The molecule has 18 heavy (non-hydrogen) atoms. The molecule has 1 aliphatic rings. The van der Waals surface area contributed by atoms with E-state index in [1.54, 1.807) is 7.11 Å². The summed E-state index contributed by atoms with van der Waals surface area (Å²) in [7, 11) is 1.80. The first kappa shape index (κ1) is 13.3. The first-order chi connectivity index (χ1) is 8.81. The van der Waals surface area contributed by atoms with Gasteiger partial charge in [-0.2, -0.15) is 0 Å². The second-order valence-corrected chi connectivity index (χ2v) is 4.80. The summed E-state index contributed by atoms with van der Waals surface area (Å²) >= 11 is 0. The van der Waals surface area contributed by atoms with Gasteiger partial charge in [0, 0.05) is 38.6 Å². The monoisotopic (exact) mass is 249 g/mol. The van der Waals surface area contributed by atoms with Crippen molar-refractivity contribution >= 4 is 5.69 Å². The molecule has 0 amide bonds. The summed E-state index contributed by atoms with van der Waals surface area (Å²) in [6, 6.07) is 4.15. The molecular weight excluding hydrogens is 226 g/mol. The van der Waals surface area contributed by atoms with E-state index < -0.39 is 0 Å². The third-order valence-corrected chi connectivity index (χ3v) is 3.38. The lowest BCUT2D eigenvalue weighted by Gasteiger charge is -2.31. The normalized spacial score (nSPS) is 20.9. The van der Waals surface area contributed by atoms with Gasteiger partial charge in [0.15, 0.2) is 0 Å². The van der Waals surface area contributed by atoms with Crippen molar-refractivity contribution in [1.29, 1.82) is 0 Å². The third-order valence-electron chi connectivity index (χ3n) is 3.38. The average Bonchev–Trinajstić information content (AvgIpc) is 2.40. The molecule has 1 saturated heterocycles. The van der Waals surface area contributed by atoms with Gasteiger partial charge in [0.05, 0.1) is 11.8 Å². The number of likely N-dealkylation sites (tertiary alicyclic amines) is 1. The van der Waals surface area contributed by atoms with Crippen LogP contribution in [0, 0.1) is 0 Å². The zero-order valence-corrected chi connectivity index (χ0v) is 11.4. The number of aromatic nitrogens is 1. The van der Waals surface area contributed by atoms with Crippen LogP contribution < -0.4 is 5.32 Å². The van der Waals surface area contributed by atoms with Crippen molar-refractivity contribution in [3.05, 3.63) is 24.0 Å². The summed E-state index contributed by atoms with van der Waals surface area (Å²) < 4.78 is 5.45. The lowest BCUT2D eigenvalue weighted by atomic mass is 10.1. The van der Waals surface area contributed by atoms with Crippen LogP contribution >= 0.6 is 0 Å². The van der Waals surface area contributed by atoms with Gasteiger partial charge in [-0.05, 0) is 38.4 Å². The number of rotatable bonds is 5. The number of nitrogens with one attached hydrogen (secondary N) is 1. The Bertz CT molecular complexity index is 370. The fraction of sp³-hybridized carbons (Fsp3) is 0.643. The fourth-order valence-electron chi connectivity index (χ4n) is 2.46. The molecule has 0 aromatic carbocycles. The van der Waals surface area contributed by atoms with Crippen molar-refractivity contribution in [1.82, 2.24) is 9.88 Å². The van der Waals surface area contributed by atoms with Crippen molar-refractivity contribution in [2.45, 2.75) is 32.4 Å². The minimum Gasteiger partial charge on any atom is -0.385 e. The lowest BCUT2D eigenvalue weighted by molar-refractivity contribution is 0.0281. The zero-order valence-electron chi connectivity index (χ0n) is 11.4. The van der Waals surface area contributed by atoms with Gasteiger partial charge >= 0.3 is 0 Å². The number of anilines is 1. The van der Waals surface area contributed by atoms with Crippen LogP contribution in [0.1, 0.15) is 25.5 Å². The molecule has 2 heterocycles. The predicted octanol–water partition coefficient (Wildman–Crippen LogP) is 2.12. The molecule has 100 valence electrons. The molecule has 4 heteroatoms. The van der Waals surface area contributed by atoms with E-state index in [0.29, 0.717) is 6.10 Å². The van der Waals surface area contributed by atoms with Gasteiger partial charge in [-0.1, -0.05) is 0 Å². The Balaban J connectivity index is 1.93.